The topological polar surface area (TPSA) is 51.8 Å². The summed E-state index contributed by atoms with van der Waals surface area (Å²) in [6.45, 7) is 0. The van der Waals surface area contributed by atoms with Gasteiger partial charge in [-0.15, -0.1) is 0 Å². The molecular formula is C60H40N6. The van der Waals surface area contributed by atoms with Gasteiger partial charge in [0.1, 0.15) is 12.7 Å². The molecule has 0 atom stereocenters. The third-order valence-electron chi connectivity index (χ3n) is 13.5. The Labute approximate surface area is 382 Å². The number of aromatic nitrogens is 5. The molecule has 0 saturated heterocycles. The summed E-state index contributed by atoms with van der Waals surface area (Å²) in [5.74, 6) is 0.635. The van der Waals surface area contributed by atoms with Gasteiger partial charge in [0, 0.05) is 56.4 Å². The molecule has 3 aromatic heterocycles. The summed E-state index contributed by atoms with van der Waals surface area (Å²) < 4.78 is 4.70. The first-order chi connectivity index (χ1) is 32.8. The lowest BCUT2D eigenvalue weighted by molar-refractivity contribution is 0.768. The molecule has 0 saturated carbocycles. The second kappa shape index (κ2) is 15.1. The minimum Gasteiger partial charge on any atom is -0.317 e. The fourth-order valence-electron chi connectivity index (χ4n) is 10.7. The predicted molar refractivity (Wildman–Crippen MR) is 268 cm³/mol. The van der Waals surface area contributed by atoms with Gasteiger partial charge in [0.05, 0.1) is 22.0 Å². The molecule has 1 aliphatic rings. The SMILES string of the molecule is c1ccc(-n2ccc3c4c5cc(N(c6ccc(-c7ncncn7)cc6)c6ccc7c(c6)C(c6ccccc6)(c6ccccc6)c6ccccc6-7)ccc5n(-c5ccccc5)c4ccc32)cc1. The summed E-state index contributed by atoms with van der Waals surface area (Å²) in [6.07, 6.45) is 5.29. The number of anilines is 3. The van der Waals surface area contributed by atoms with Crippen LogP contribution in [0.2, 0.25) is 0 Å². The first-order valence-electron chi connectivity index (χ1n) is 22.3. The van der Waals surface area contributed by atoms with Crippen LogP contribution in [0.3, 0.4) is 0 Å². The average molecular weight is 845 g/mol. The minimum absolute atomic E-state index is 0.552. The molecule has 66 heavy (non-hydrogen) atoms. The number of hydrogen-bond acceptors (Lipinski definition) is 4. The van der Waals surface area contributed by atoms with Gasteiger partial charge in [-0.3, -0.25) is 0 Å². The maximum absolute atomic E-state index is 4.47. The van der Waals surface area contributed by atoms with E-state index in [4.69, 9.17) is 0 Å². The molecule has 0 radical (unpaired) electrons. The second-order valence-electron chi connectivity index (χ2n) is 16.9. The van der Waals surface area contributed by atoms with Crippen molar-refractivity contribution in [2.45, 2.75) is 5.41 Å². The lowest BCUT2D eigenvalue weighted by Crippen LogP contribution is -2.28. The summed E-state index contributed by atoms with van der Waals surface area (Å²) in [5.41, 5.74) is 16.7. The summed E-state index contributed by atoms with van der Waals surface area (Å²) in [7, 11) is 0. The fraction of sp³-hybridized carbons (Fsp3) is 0.0167. The quantitative estimate of drug-likeness (QED) is 0.153. The molecule has 0 spiro atoms. The predicted octanol–water partition coefficient (Wildman–Crippen LogP) is 14.4. The van der Waals surface area contributed by atoms with Gasteiger partial charge in [-0.2, -0.15) is 0 Å². The lowest BCUT2D eigenvalue weighted by atomic mass is 9.67. The molecule has 3 heterocycles. The molecule has 6 nitrogen and oxygen atoms in total. The highest BCUT2D eigenvalue weighted by atomic mass is 15.1. The van der Waals surface area contributed by atoms with Crippen LogP contribution in [0.15, 0.2) is 243 Å². The third-order valence-corrected chi connectivity index (χ3v) is 13.5. The molecule has 0 N–H and O–H groups in total. The van der Waals surface area contributed by atoms with Crippen molar-refractivity contribution < 1.29 is 0 Å². The van der Waals surface area contributed by atoms with E-state index in [1.165, 1.54) is 49.5 Å². The van der Waals surface area contributed by atoms with Gasteiger partial charge in [0.2, 0.25) is 0 Å². The summed E-state index contributed by atoms with van der Waals surface area (Å²) in [5, 5.41) is 3.59. The Balaban J connectivity index is 1.08. The Hall–Kier alpha value is -8.87. The third kappa shape index (κ3) is 5.71. The van der Waals surface area contributed by atoms with Crippen LogP contribution in [0.1, 0.15) is 22.3 Å². The van der Waals surface area contributed by atoms with Gasteiger partial charge in [-0.05, 0) is 130 Å². The van der Waals surface area contributed by atoms with Crippen LogP contribution in [0.25, 0.3) is 66.6 Å². The van der Waals surface area contributed by atoms with Crippen molar-refractivity contribution in [3.63, 3.8) is 0 Å². The Bertz CT molecular complexity index is 3690. The zero-order valence-corrected chi connectivity index (χ0v) is 35.8. The number of para-hydroxylation sites is 2. The van der Waals surface area contributed by atoms with Crippen LogP contribution >= 0.6 is 0 Å². The molecule has 13 rings (SSSR count). The molecular weight excluding hydrogens is 805 g/mol. The van der Waals surface area contributed by atoms with Crippen molar-refractivity contribution in [2.75, 3.05) is 4.90 Å². The Morgan fingerprint density at radius 1 is 0.409 bits per heavy atom. The monoisotopic (exact) mass is 844 g/mol. The van der Waals surface area contributed by atoms with Crippen molar-refractivity contribution in [3.05, 3.63) is 266 Å². The minimum atomic E-state index is -0.552. The number of rotatable bonds is 8. The molecule has 310 valence electrons. The molecule has 0 bridgehead atoms. The standard InChI is InChI=1S/C60H40N6/c1-5-15-42(16-6-1)60(43-17-7-2-8-18-43)53-24-14-13-23-49(53)50-31-29-48(38-54(50)60)65(46-27-25-41(26-28-46)59-62-39-61-40-63-59)47-30-32-56-52(37-47)58-51-35-36-64(44-19-9-3-10-20-44)55(51)33-34-57(58)66(56)45-21-11-4-12-22-45/h1-40H. The molecule has 1 aliphatic carbocycles. The molecule has 6 heteroatoms. The normalized spacial score (nSPS) is 12.7. The highest BCUT2D eigenvalue weighted by Crippen LogP contribution is 2.57. The van der Waals surface area contributed by atoms with Crippen LogP contribution in [0, 0.1) is 0 Å². The van der Waals surface area contributed by atoms with E-state index >= 15 is 0 Å². The molecule has 0 unspecified atom stereocenters. The lowest BCUT2D eigenvalue weighted by Gasteiger charge is -2.35. The molecule has 0 aliphatic heterocycles. The second-order valence-corrected chi connectivity index (χ2v) is 16.9. The van der Waals surface area contributed by atoms with Gasteiger partial charge < -0.3 is 14.0 Å². The average Bonchev–Trinajstić information content (AvgIpc) is 4.07. The van der Waals surface area contributed by atoms with Crippen molar-refractivity contribution in [2.24, 2.45) is 0 Å². The highest BCUT2D eigenvalue weighted by molar-refractivity contribution is 6.22. The molecule has 12 aromatic rings. The van der Waals surface area contributed by atoms with Crippen LogP contribution < -0.4 is 4.90 Å². The first-order valence-corrected chi connectivity index (χ1v) is 22.3. The number of fused-ring (bicyclic) bond motifs is 8. The maximum Gasteiger partial charge on any atom is 0.162 e. The largest absolute Gasteiger partial charge is 0.317 e. The van der Waals surface area contributed by atoms with Gasteiger partial charge in [0.25, 0.3) is 0 Å². The van der Waals surface area contributed by atoms with E-state index < -0.39 is 5.41 Å². The Kier molecular flexibility index (Phi) is 8.64. The van der Waals surface area contributed by atoms with Crippen LogP contribution in [0.4, 0.5) is 17.1 Å². The summed E-state index contributed by atoms with van der Waals surface area (Å²) in [6, 6.07) is 81.6. The Morgan fingerprint density at radius 2 is 0.970 bits per heavy atom. The maximum atomic E-state index is 4.47. The molecule has 0 fully saturated rings. The number of nitrogens with zero attached hydrogens (tertiary/aromatic N) is 6. The summed E-state index contributed by atoms with van der Waals surface area (Å²) in [4.78, 5) is 15.4. The van der Waals surface area contributed by atoms with Gasteiger partial charge in [-0.1, -0.05) is 127 Å². The van der Waals surface area contributed by atoms with Crippen LogP contribution in [0.5, 0.6) is 0 Å². The van der Waals surface area contributed by atoms with E-state index in [-0.39, 0.29) is 0 Å². The van der Waals surface area contributed by atoms with Crippen molar-refractivity contribution >= 4 is 49.8 Å². The van der Waals surface area contributed by atoms with Gasteiger partial charge >= 0.3 is 0 Å². The smallest absolute Gasteiger partial charge is 0.162 e. The Morgan fingerprint density at radius 3 is 1.68 bits per heavy atom. The number of hydrogen-bond donors (Lipinski definition) is 0. The molecule has 9 aromatic carbocycles. The van der Waals surface area contributed by atoms with E-state index in [1.807, 2.05) is 0 Å². The van der Waals surface area contributed by atoms with Crippen LogP contribution in [-0.4, -0.2) is 24.1 Å². The van der Waals surface area contributed by atoms with Crippen molar-refractivity contribution in [1.82, 2.24) is 24.1 Å². The van der Waals surface area contributed by atoms with E-state index in [0.29, 0.717) is 5.82 Å². The van der Waals surface area contributed by atoms with E-state index in [1.54, 1.807) is 12.7 Å². The molecule has 0 amide bonds. The zero-order valence-electron chi connectivity index (χ0n) is 35.8. The van der Waals surface area contributed by atoms with E-state index in [0.717, 1.165) is 50.6 Å². The van der Waals surface area contributed by atoms with Crippen LogP contribution in [-0.2, 0) is 5.41 Å². The first kappa shape index (κ1) is 37.7. The fourth-order valence-corrected chi connectivity index (χ4v) is 10.7. The highest BCUT2D eigenvalue weighted by Gasteiger charge is 2.46. The zero-order chi connectivity index (χ0) is 43.6. The van der Waals surface area contributed by atoms with Gasteiger partial charge in [0.15, 0.2) is 5.82 Å². The number of benzene rings is 9. The van der Waals surface area contributed by atoms with Crippen molar-refractivity contribution in [1.29, 1.82) is 0 Å². The van der Waals surface area contributed by atoms with E-state index in [9.17, 15) is 0 Å². The van der Waals surface area contributed by atoms with Crippen molar-refractivity contribution in [3.8, 4) is 33.9 Å². The summed E-state index contributed by atoms with van der Waals surface area (Å²) >= 11 is 0. The van der Waals surface area contributed by atoms with E-state index in [2.05, 4.69) is 260 Å². The van der Waals surface area contributed by atoms with Gasteiger partial charge in [-0.25, -0.2) is 15.0 Å².